The molecule has 0 aromatic heterocycles. The van der Waals surface area contributed by atoms with Crippen LogP contribution in [0.3, 0.4) is 0 Å². The van der Waals surface area contributed by atoms with Gasteiger partial charge in [0.25, 0.3) is 0 Å². The Labute approximate surface area is 120 Å². The Kier molecular flexibility index (Phi) is 4.03. The Balaban J connectivity index is 1.69. The molecule has 1 aromatic rings. The predicted molar refractivity (Wildman–Crippen MR) is 77.1 cm³/mol. The van der Waals surface area contributed by atoms with E-state index in [1.54, 1.807) is 0 Å². The van der Waals surface area contributed by atoms with Gasteiger partial charge in [0.05, 0.1) is 6.04 Å². The zero-order chi connectivity index (χ0) is 13.9. The zero-order valence-corrected chi connectivity index (χ0v) is 11.7. The number of nitrogens with zero attached hydrogens (tertiary/aromatic N) is 2. The van der Waals surface area contributed by atoms with Gasteiger partial charge < -0.3 is 10.0 Å². The molecule has 4 nitrogen and oxygen atoms in total. The minimum Gasteiger partial charge on any atom is -0.396 e. The van der Waals surface area contributed by atoms with Crippen molar-refractivity contribution in [3.05, 3.63) is 35.9 Å². The number of aliphatic hydroxyl groups excluding tert-OH is 1. The van der Waals surface area contributed by atoms with Gasteiger partial charge in [-0.3, -0.25) is 9.69 Å². The van der Waals surface area contributed by atoms with Crippen molar-refractivity contribution in [1.29, 1.82) is 0 Å². The highest BCUT2D eigenvalue weighted by atomic mass is 16.3. The largest absolute Gasteiger partial charge is 0.396 e. The highest BCUT2D eigenvalue weighted by molar-refractivity contribution is 5.83. The SMILES string of the molecule is O=C1[C@@H]2CC[C@H](CN1CCCO)N2Cc1ccccc1. The minimum atomic E-state index is 0.0487. The normalized spacial score (nSPS) is 26.2. The molecule has 4 heteroatoms. The summed E-state index contributed by atoms with van der Waals surface area (Å²) in [6, 6.07) is 10.9. The lowest BCUT2D eigenvalue weighted by Crippen LogP contribution is -2.56. The van der Waals surface area contributed by atoms with Gasteiger partial charge in [-0.1, -0.05) is 30.3 Å². The van der Waals surface area contributed by atoms with E-state index in [4.69, 9.17) is 5.11 Å². The van der Waals surface area contributed by atoms with E-state index in [0.717, 1.165) is 25.9 Å². The molecule has 2 aliphatic rings. The van der Waals surface area contributed by atoms with E-state index in [0.29, 0.717) is 19.0 Å². The maximum atomic E-state index is 12.5. The van der Waals surface area contributed by atoms with E-state index in [-0.39, 0.29) is 18.6 Å². The summed E-state index contributed by atoms with van der Waals surface area (Å²) < 4.78 is 0. The first-order valence-corrected chi connectivity index (χ1v) is 7.49. The van der Waals surface area contributed by atoms with Crippen molar-refractivity contribution < 1.29 is 9.90 Å². The number of amides is 1. The molecule has 1 amide bonds. The van der Waals surface area contributed by atoms with Gasteiger partial charge in [-0.2, -0.15) is 0 Å². The third kappa shape index (κ3) is 2.58. The van der Waals surface area contributed by atoms with Crippen LogP contribution < -0.4 is 0 Å². The predicted octanol–water partition coefficient (Wildman–Crippen LogP) is 1.24. The molecule has 108 valence electrons. The number of hydrogen-bond acceptors (Lipinski definition) is 3. The molecule has 2 aliphatic heterocycles. The first-order valence-electron chi connectivity index (χ1n) is 7.49. The molecule has 0 saturated carbocycles. The van der Waals surface area contributed by atoms with Crippen molar-refractivity contribution in [2.45, 2.75) is 37.9 Å². The summed E-state index contributed by atoms with van der Waals surface area (Å²) in [5.41, 5.74) is 1.28. The monoisotopic (exact) mass is 274 g/mol. The Morgan fingerprint density at radius 3 is 2.75 bits per heavy atom. The summed E-state index contributed by atoms with van der Waals surface area (Å²) in [7, 11) is 0. The van der Waals surface area contributed by atoms with Crippen molar-refractivity contribution in [3.8, 4) is 0 Å². The average molecular weight is 274 g/mol. The fourth-order valence-electron chi connectivity index (χ4n) is 3.45. The topological polar surface area (TPSA) is 43.8 Å². The van der Waals surface area contributed by atoms with Crippen LogP contribution >= 0.6 is 0 Å². The summed E-state index contributed by atoms with van der Waals surface area (Å²) in [6.07, 6.45) is 2.77. The van der Waals surface area contributed by atoms with E-state index in [9.17, 15) is 4.79 Å². The molecular formula is C16H22N2O2. The molecule has 0 unspecified atom stereocenters. The third-order valence-electron chi connectivity index (χ3n) is 4.46. The van der Waals surface area contributed by atoms with Gasteiger partial charge in [-0.25, -0.2) is 0 Å². The quantitative estimate of drug-likeness (QED) is 0.878. The van der Waals surface area contributed by atoms with Gasteiger partial charge in [-0.15, -0.1) is 0 Å². The zero-order valence-electron chi connectivity index (χ0n) is 11.7. The van der Waals surface area contributed by atoms with E-state index in [2.05, 4.69) is 29.2 Å². The molecule has 2 saturated heterocycles. The highest BCUT2D eigenvalue weighted by Gasteiger charge is 2.44. The van der Waals surface area contributed by atoms with Crippen LogP contribution in [0, 0.1) is 0 Å². The highest BCUT2D eigenvalue weighted by Crippen LogP contribution is 2.32. The van der Waals surface area contributed by atoms with Crippen LogP contribution in [0.25, 0.3) is 0 Å². The van der Waals surface area contributed by atoms with Gasteiger partial charge in [-0.05, 0) is 24.8 Å². The van der Waals surface area contributed by atoms with Crippen LogP contribution in [-0.2, 0) is 11.3 Å². The second kappa shape index (κ2) is 5.94. The van der Waals surface area contributed by atoms with Crippen molar-refractivity contribution in [2.24, 2.45) is 0 Å². The number of likely N-dealkylation sites (tertiary alicyclic amines) is 1. The molecule has 2 bridgehead atoms. The molecule has 3 rings (SSSR count). The molecule has 2 heterocycles. The molecule has 0 aliphatic carbocycles. The number of carbonyl (C=O) groups is 1. The molecule has 0 radical (unpaired) electrons. The molecule has 20 heavy (non-hydrogen) atoms. The summed E-state index contributed by atoms with van der Waals surface area (Å²) in [4.78, 5) is 16.8. The van der Waals surface area contributed by atoms with Gasteiger partial charge in [0, 0.05) is 32.3 Å². The third-order valence-corrected chi connectivity index (χ3v) is 4.46. The summed E-state index contributed by atoms with van der Waals surface area (Å²) in [6.45, 7) is 2.55. The lowest BCUT2D eigenvalue weighted by Gasteiger charge is -2.40. The van der Waals surface area contributed by atoms with Crippen LogP contribution in [0.4, 0.5) is 0 Å². The standard InChI is InChI=1S/C16H22N2O2/c19-10-4-9-17-12-14-7-8-15(16(17)20)18(14)11-13-5-2-1-3-6-13/h1-3,5-6,14-15,19H,4,7-12H2/t14-,15+/m1/s1. The lowest BCUT2D eigenvalue weighted by atomic mass is 10.1. The summed E-state index contributed by atoms with van der Waals surface area (Å²) in [5, 5.41) is 8.93. The van der Waals surface area contributed by atoms with E-state index in [1.165, 1.54) is 5.56 Å². The van der Waals surface area contributed by atoms with Crippen LogP contribution in [0.2, 0.25) is 0 Å². The van der Waals surface area contributed by atoms with Gasteiger partial charge in [0.1, 0.15) is 0 Å². The number of benzene rings is 1. The number of aliphatic hydroxyl groups is 1. The minimum absolute atomic E-state index is 0.0487. The van der Waals surface area contributed by atoms with Gasteiger partial charge >= 0.3 is 0 Å². The van der Waals surface area contributed by atoms with E-state index in [1.807, 2.05) is 11.0 Å². The van der Waals surface area contributed by atoms with Gasteiger partial charge in [0.15, 0.2) is 0 Å². The Morgan fingerprint density at radius 1 is 1.20 bits per heavy atom. The molecule has 1 aromatic carbocycles. The van der Waals surface area contributed by atoms with Crippen molar-refractivity contribution in [2.75, 3.05) is 19.7 Å². The van der Waals surface area contributed by atoms with Crippen molar-refractivity contribution in [3.63, 3.8) is 0 Å². The molecule has 0 spiro atoms. The number of carbonyl (C=O) groups excluding carboxylic acids is 1. The van der Waals surface area contributed by atoms with Crippen LogP contribution in [0.5, 0.6) is 0 Å². The van der Waals surface area contributed by atoms with Crippen molar-refractivity contribution >= 4 is 5.91 Å². The van der Waals surface area contributed by atoms with Crippen LogP contribution in [0.1, 0.15) is 24.8 Å². The van der Waals surface area contributed by atoms with E-state index >= 15 is 0 Å². The second-order valence-electron chi connectivity index (χ2n) is 5.77. The van der Waals surface area contributed by atoms with Crippen LogP contribution in [0.15, 0.2) is 30.3 Å². The van der Waals surface area contributed by atoms with Gasteiger partial charge in [0.2, 0.25) is 5.91 Å². The van der Waals surface area contributed by atoms with Crippen molar-refractivity contribution in [1.82, 2.24) is 9.80 Å². The lowest BCUT2D eigenvalue weighted by molar-refractivity contribution is -0.142. The first-order chi connectivity index (χ1) is 9.79. The second-order valence-corrected chi connectivity index (χ2v) is 5.77. The number of hydrogen-bond donors (Lipinski definition) is 1. The summed E-state index contributed by atoms with van der Waals surface area (Å²) in [5.74, 6) is 0.253. The fraction of sp³-hybridized carbons (Fsp3) is 0.562. The van der Waals surface area contributed by atoms with Crippen LogP contribution in [-0.4, -0.2) is 52.6 Å². The number of piperazine rings is 1. The fourth-order valence-corrected chi connectivity index (χ4v) is 3.45. The average Bonchev–Trinajstić information content (AvgIpc) is 2.78. The molecule has 2 fully saturated rings. The molecule has 2 atom stereocenters. The first kappa shape index (κ1) is 13.6. The molecular weight excluding hydrogens is 252 g/mol. The Hall–Kier alpha value is -1.39. The van der Waals surface area contributed by atoms with E-state index < -0.39 is 0 Å². The Morgan fingerprint density at radius 2 is 2.00 bits per heavy atom. The number of fused-ring (bicyclic) bond motifs is 2. The Bertz CT molecular complexity index is 463. The maximum absolute atomic E-state index is 12.5. The maximum Gasteiger partial charge on any atom is 0.240 e. The summed E-state index contributed by atoms with van der Waals surface area (Å²) >= 11 is 0. The molecule has 1 N–H and O–H groups in total. The number of rotatable bonds is 5. The smallest absolute Gasteiger partial charge is 0.240 e.